The van der Waals surface area contributed by atoms with Gasteiger partial charge in [0.05, 0.1) is 0 Å². The maximum Gasteiger partial charge on any atom is 0.274 e. The third-order valence-electron chi connectivity index (χ3n) is 4.77. The second-order valence-corrected chi connectivity index (χ2v) is 7.06. The van der Waals surface area contributed by atoms with Crippen LogP contribution in [0.15, 0.2) is 16.9 Å². The van der Waals surface area contributed by atoms with Crippen LogP contribution in [0.1, 0.15) is 63.9 Å². The van der Waals surface area contributed by atoms with Crippen LogP contribution in [0.2, 0.25) is 0 Å². The van der Waals surface area contributed by atoms with E-state index >= 15 is 0 Å². The first-order valence-corrected chi connectivity index (χ1v) is 8.83. The Morgan fingerprint density at radius 3 is 2.70 bits per heavy atom. The Bertz CT molecular complexity index is 594. The van der Waals surface area contributed by atoms with Crippen molar-refractivity contribution in [1.29, 1.82) is 0 Å². The molecule has 23 heavy (non-hydrogen) atoms. The Labute approximate surface area is 138 Å². The molecule has 0 N–H and O–H groups in total. The number of carbonyl (C=O) groups is 1. The van der Waals surface area contributed by atoms with Gasteiger partial charge in [-0.05, 0) is 43.6 Å². The minimum Gasteiger partial charge on any atom is -0.334 e. The zero-order valence-corrected chi connectivity index (χ0v) is 14.8. The monoisotopic (exact) mass is 319 g/mol. The molecule has 0 unspecified atom stereocenters. The first kappa shape index (κ1) is 17.7. The van der Waals surface area contributed by atoms with Gasteiger partial charge in [-0.1, -0.05) is 27.7 Å². The van der Waals surface area contributed by atoms with E-state index in [4.69, 9.17) is 0 Å². The number of carbonyl (C=O) groups excluding carboxylic acids is 1. The average Bonchev–Trinajstić information content (AvgIpc) is 2.71. The number of hydrogen-bond donors (Lipinski definition) is 0. The third-order valence-corrected chi connectivity index (χ3v) is 4.77. The maximum atomic E-state index is 13.0. The van der Waals surface area contributed by atoms with Gasteiger partial charge in [0.2, 0.25) is 0 Å². The molecule has 0 saturated carbocycles. The summed E-state index contributed by atoms with van der Waals surface area (Å²) in [4.78, 5) is 26.8. The van der Waals surface area contributed by atoms with Crippen molar-refractivity contribution in [2.45, 2.75) is 66.0 Å². The van der Waals surface area contributed by atoms with Gasteiger partial charge in [0.15, 0.2) is 0 Å². The van der Waals surface area contributed by atoms with Crippen LogP contribution < -0.4 is 5.56 Å². The van der Waals surface area contributed by atoms with Crippen LogP contribution in [0.25, 0.3) is 0 Å². The molecule has 5 heteroatoms. The van der Waals surface area contributed by atoms with Gasteiger partial charge in [-0.2, -0.15) is 5.10 Å². The summed E-state index contributed by atoms with van der Waals surface area (Å²) in [6, 6.07) is 3.28. The largest absolute Gasteiger partial charge is 0.334 e. The van der Waals surface area contributed by atoms with Crippen LogP contribution in [0, 0.1) is 11.8 Å². The third kappa shape index (κ3) is 4.21. The number of rotatable bonds is 4. The lowest BCUT2D eigenvalue weighted by molar-refractivity contribution is 0.0622. The fourth-order valence-corrected chi connectivity index (χ4v) is 3.31. The molecule has 128 valence electrons. The van der Waals surface area contributed by atoms with Gasteiger partial charge in [0.1, 0.15) is 5.69 Å². The van der Waals surface area contributed by atoms with Crippen molar-refractivity contribution in [1.82, 2.24) is 14.7 Å². The van der Waals surface area contributed by atoms with Crippen molar-refractivity contribution in [2.24, 2.45) is 11.8 Å². The summed E-state index contributed by atoms with van der Waals surface area (Å²) in [5.41, 5.74) is 0.242. The van der Waals surface area contributed by atoms with Crippen molar-refractivity contribution < 1.29 is 4.79 Å². The minimum absolute atomic E-state index is 0.0392. The van der Waals surface area contributed by atoms with E-state index in [1.165, 1.54) is 10.7 Å². The van der Waals surface area contributed by atoms with Crippen LogP contribution in [-0.2, 0) is 6.54 Å². The molecule has 1 saturated heterocycles. The second kappa shape index (κ2) is 7.75. The summed E-state index contributed by atoms with van der Waals surface area (Å²) in [6.45, 7) is 9.92. The average molecular weight is 319 g/mol. The summed E-state index contributed by atoms with van der Waals surface area (Å²) >= 11 is 0. The quantitative estimate of drug-likeness (QED) is 0.857. The first-order valence-electron chi connectivity index (χ1n) is 8.83. The molecule has 5 nitrogen and oxygen atoms in total. The van der Waals surface area contributed by atoms with E-state index in [0.717, 1.165) is 32.2 Å². The number of likely N-dealkylation sites (tertiary alicyclic amines) is 1. The topological polar surface area (TPSA) is 55.2 Å². The van der Waals surface area contributed by atoms with Crippen LogP contribution in [0.4, 0.5) is 0 Å². The van der Waals surface area contributed by atoms with E-state index in [1.54, 1.807) is 6.07 Å². The molecule has 2 heterocycles. The SMILES string of the molecule is CCCn1nc(C(=O)N2CC[C@H](C)CC[C@@H]2C(C)C)ccc1=O. The maximum absolute atomic E-state index is 13.0. The molecule has 1 aromatic heterocycles. The fourth-order valence-electron chi connectivity index (χ4n) is 3.31. The van der Waals surface area contributed by atoms with Crippen LogP contribution in [-0.4, -0.2) is 33.2 Å². The van der Waals surface area contributed by atoms with Gasteiger partial charge in [-0.15, -0.1) is 0 Å². The highest BCUT2D eigenvalue weighted by atomic mass is 16.2. The molecule has 1 aliphatic rings. The number of hydrogen-bond acceptors (Lipinski definition) is 3. The second-order valence-electron chi connectivity index (χ2n) is 7.06. The number of aromatic nitrogens is 2. The lowest BCUT2D eigenvalue weighted by Gasteiger charge is -2.32. The summed E-state index contributed by atoms with van der Waals surface area (Å²) < 4.78 is 1.40. The van der Waals surface area contributed by atoms with Crippen LogP contribution >= 0.6 is 0 Å². The predicted octanol–water partition coefficient (Wildman–Crippen LogP) is 2.94. The summed E-state index contributed by atoms with van der Waals surface area (Å²) in [6.07, 6.45) is 4.05. The number of aryl methyl sites for hydroxylation is 1. The van der Waals surface area contributed by atoms with Crippen LogP contribution in [0.3, 0.4) is 0 Å². The molecule has 0 radical (unpaired) electrons. The summed E-state index contributed by atoms with van der Waals surface area (Å²) in [7, 11) is 0. The number of amides is 1. The molecular formula is C18H29N3O2. The van der Waals surface area contributed by atoms with E-state index in [9.17, 15) is 9.59 Å². The highest BCUT2D eigenvalue weighted by molar-refractivity contribution is 5.92. The molecule has 1 fully saturated rings. The van der Waals surface area contributed by atoms with Gasteiger partial charge in [-0.25, -0.2) is 4.68 Å². The molecule has 2 rings (SSSR count). The summed E-state index contributed by atoms with van der Waals surface area (Å²) in [5.74, 6) is 1.03. The fraction of sp³-hybridized carbons (Fsp3) is 0.722. The van der Waals surface area contributed by atoms with Crippen molar-refractivity contribution >= 4 is 5.91 Å². The van der Waals surface area contributed by atoms with Crippen LogP contribution in [0.5, 0.6) is 0 Å². The Morgan fingerprint density at radius 2 is 2.04 bits per heavy atom. The molecule has 0 bridgehead atoms. The number of nitrogens with zero attached hydrogens (tertiary/aromatic N) is 3. The highest BCUT2D eigenvalue weighted by Crippen LogP contribution is 2.26. The van der Waals surface area contributed by atoms with E-state index in [0.29, 0.717) is 24.1 Å². The van der Waals surface area contributed by atoms with Crippen molar-refractivity contribution in [3.05, 3.63) is 28.2 Å². The van der Waals surface area contributed by atoms with E-state index in [1.807, 2.05) is 11.8 Å². The molecule has 1 amide bonds. The smallest absolute Gasteiger partial charge is 0.274 e. The van der Waals surface area contributed by atoms with Crippen molar-refractivity contribution in [2.75, 3.05) is 6.54 Å². The van der Waals surface area contributed by atoms with E-state index in [2.05, 4.69) is 25.9 Å². The van der Waals surface area contributed by atoms with E-state index in [-0.39, 0.29) is 17.5 Å². The Morgan fingerprint density at radius 1 is 1.30 bits per heavy atom. The Kier molecular flexibility index (Phi) is 5.97. The van der Waals surface area contributed by atoms with Gasteiger partial charge in [-0.3, -0.25) is 9.59 Å². The normalized spacial score (nSPS) is 22.2. The zero-order valence-electron chi connectivity index (χ0n) is 14.8. The van der Waals surface area contributed by atoms with Crippen molar-refractivity contribution in [3.8, 4) is 0 Å². The molecule has 2 atom stereocenters. The van der Waals surface area contributed by atoms with Gasteiger partial charge < -0.3 is 4.90 Å². The molecular weight excluding hydrogens is 290 g/mol. The minimum atomic E-state index is -0.145. The summed E-state index contributed by atoms with van der Waals surface area (Å²) in [5, 5.41) is 4.29. The highest BCUT2D eigenvalue weighted by Gasteiger charge is 2.30. The molecule has 1 aromatic rings. The molecule has 0 aliphatic carbocycles. The Balaban J connectivity index is 2.29. The standard InChI is InChI=1S/C18H29N3O2/c1-5-11-21-17(22)9-7-15(19-21)18(23)20-12-10-14(4)6-8-16(20)13(2)3/h7,9,13-14,16H,5-6,8,10-12H2,1-4H3/t14-,16-/m1/s1. The van der Waals surface area contributed by atoms with Gasteiger partial charge >= 0.3 is 0 Å². The van der Waals surface area contributed by atoms with Gasteiger partial charge in [0.25, 0.3) is 11.5 Å². The van der Waals surface area contributed by atoms with Gasteiger partial charge in [0, 0.05) is 25.2 Å². The molecule has 0 aromatic carbocycles. The predicted molar refractivity (Wildman–Crippen MR) is 91.5 cm³/mol. The lowest BCUT2D eigenvalue weighted by atomic mass is 9.95. The first-order chi connectivity index (χ1) is 10.9. The van der Waals surface area contributed by atoms with Crippen molar-refractivity contribution in [3.63, 3.8) is 0 Å². The Hall–Kier alpha value is -1.65. The lowest BCUT2D eigenvalue weighted by Crippen LogP contribution is -2.43. The van der Waals surface area contributed by atoms with E-state index < -0.39 is 0 Å². The molecule has 0 spiro atoms. The zero-order chi connectivity index (χ0) is 17.0. The molecule has 1 aliphatic heterocycles.